The predicted molar refractivity (Wildman–Crippen MR) is 78.3 cm³/mol. The standard InChI is InChI=1S/C14H18N2O3S/c1-17-10-3-4-11-12(9-10)16-14(15-11)20-8-5-13-18-6-2-7-19-13/h3-4,9,13H,2,5-8H2,1H3,(H,15,16). The van der Waals surface area contributed by atoms with E-state index in [4.69, 9.17) is 14.2 Å². The highest BCUT2D eigenvalue weighted by atomic mass is 32.2. The maximum Gasteiger partial charge on any atom is 0.166 e. The SMILES string of the molecule is COc1ccc2nc(SCCC3OCCCO3)[nH]c2c1. The minimum atomic E-state index is -0.0549. The van der Waals surface area contributed by atoms with Gasteiger partial charge in [0.15, 0.2) is 11.4 Å². The summed E-state index contributed by atoms with van der Waals surface area (Å²) < 4.78 is 16.2. The quantitative estimate of drug-likeness (QED) is 0.859. The molecule has 1 aliphatic rings. The summed E-state index contributed by atoms with van der Waals surface area (Å²) in [6, 6.07) is 5.84. The van der Waals surface area contributed by atoms with Crippen molar-refractivity contribution in [1.82, 2.24) is 9.97 Å². The Labute approximate surface area is 122 Å². The molecule has 2 aromatic rings. The first kappa shape index (κ1) is 13.7. The molecule has 1 aliphatic heterocycles. The fraction of sp³-hybridized carbons (Fsp3) is 0.500. The van der Waals surface area contributed by atoms with Crippen molar-refractivity contribution in [2.45, 2.75) is 24.3 Å². The van der Waals surface area contributed by atoms with Gasteiger partial charge in [0.05, 0.1) is 31.4 Å². The average Bonchev–Trinajstić information content (AvgIpc) is 2.90. The Bertz CT molecular complexity index is 567. The second-order valence-corrected chi connectivity index (χ2v) is 5.67. The number of nitrogens with zero attached hydrogens (tertiary/aromatic N) is 1. The molecule has 3 rings (SSSR count). The zero-order valence-electron chi connectivity index (χ0n) is 11.4. The number of hydrogen-bond acceptors (Lipinski definition) is 5. The molecule has 5 nitrogen and oxygen atoms in total. The molecule has 0 unspecified atom stereocenters. The summed E-state index contributed by atoms with van der Waals surface area (Å²) in [6.07, 6.45) is 1.82. The molecule has 0 amide bonds. The van der Waals surface area contributed by atoms with Gasteiger partial charge in [0.1, 0.15) is 5.75 Å². The summed E-state index contributed by atoms with van der Waals surface area (Å²) in [4.78, 5) is 7.84. The lowest BCUT2D eigenvalue weighted by atomic mass is 10.3. The fourth-order valence-corrected chi connectivity index (χ4v) is 2.96. The van der Waals surface area contributed by atoms with Crippen molar-refractivity contribution in [1.29, 1.82) is 0 Å². The normalized spacial score (nSPS) is 16.6. The van der Waals surface area contributed by atoms with E-state index in [1.54, 1.807) is 18.9 Å². The van der Waals surface area contributed by atoms with Crippen LogP contribution in [0.25, 0.3) is 11.0 Å². The highest BCUT2D eigenvalue weighted by Crippen LogP contribution is 2.24. The van der Waals surface area contributed by atoms with E-state index in [9.17, 15) is 0 Å². The van der Waals surface area contributed by atoms with Crippen LogP contribution in [-0.2, 0) is 9.47 Å². The Hall–Kier alpha value is -1.24. The van der Waals surface area contributed by atoms with Gasteiger partial charge in [-0.1, -0.05) is 11.8 Å². The number of hydrogen-bond donors (Lipinski definition) is 1. The smallest absolute Gasteiger partial charge is 0.166 e. The first-order valence-electron chi connectivity index (χ1n) is 6.75. The molecule has 108 valence electrons. The van der Waals surface area contributed by atoms with Crippen LogP contribution in [-0.4, -0.2) is 42.3 Å². The molecule has 1 saturated heterocycles. The summed E-state index contributed by atoms with van der Waals surface area (Å²) in [7, 11) is 1.66. The van der Waals surface area contributed by atoms with Crippen LogP contribution in [0.2, 0.25) is 0 Å². The number of H-pyrrole nitrogens is 1. The van der Waals surface area contributed by atoms with Gasteiger partial charge in [0, 0.05) is 18.2 Å². The van der Waals surface area contributed by atoms with Crippen LogP contribution in [0.1, 0.15) is 12.8 Å². The molecule has 0 radical (unpaired) electrons. The van der Waals surface area contributed by atoms with Crippen molar-refractivity contribution < 1.29 is 14.2 Å². The van der Waals surface area contributed by atoms with Crippen LogP contribution >= 0.6 is 11.8 Å². The molecule has 20 heavy (non-hydrogen) atoms. The summed E-state index contributed by atoms with van der Waals surface area (Å²) >= 11 is 1.69. The number of rotatable bonds is 5. The van der Waals surface area contributed by atoms with E-state index in [2.05, 4.69) is 9.97 Å². The minimum Gasteiger partial charge on any atom is -0.497 e. The van der Waals surface area contributed by atoms with Crippen LogP contribution in [0.4, 0.5) is 0 Å². The third-order valence-corrected chi connectivity index (χ3v) is 4.06. The molecule has 1 N–H and O–H groups in total. The molecule has 0 bridgehead atoms. The Morgan fingerprint density at radius 1 is 1.40 bits per heavy atom. The molecular formula is C14H18N2O3S. The number of thioether (sulfide) groups is 1. The monoisotopic (exact) mass is 294 g/mol. The van der Waals surface area contributed by atoms with Crippen LogP contribution in [0.5, 0.6) is 5.75 Å². The van der Waals surface area contributed by atoms with Crippen molar-refractivity contribution in [3.63, 3.8) is 0 Å². The average molecular weight is 294 g/mol. The van der Waals surface area contributed by atoms with E-state index in [-0.39, 0.29) is 6.29 Å². The summed E-state index contributed by atoms with van der Waals surface area (Å²) in [5.74, 6) is 1.75. The third kappa shape index (κ3) is 3.26. The number of aromatic amines is 1. The van der Waals surface area contributed by atoms with Gasteiger partial charge < -0.3 is 19.2 Å². The van der Waals surface area contributed by atoms with Gasteiger partial charge in [0.2, 0.25) is 0 Å². The van der Waals surface area contributed by atoms with E-state index in [1.807, 2.05) is 18.2 Å². The largest absolute Gasteiger partial charge is 0.497 e. The molecule has 0 aliphatic carbocycles. The zero-order valence-corrected chi connectivity index (χ0v) is 12.2. The lowest BCUT2D eigenvalue weighted by molar-refractivity contribution is -0.178. The molecule has 0 saturated carbocycles. The molecule has 1 aromatic heterocycles. The molecule has 2 heterocycles. The van der Waals surface area contributed by atoms with E-state index >= 15 is 0 Å². The van der Waals surface area contributed by atoms with Gasteiger partial charge in [-0.3, -0.25) is 0 Å². The highest BCUT2D eigenvalue weighted by Gasteiger charge is 2.14. The maximum absolute atomic E-state index is 5.52. The Kier molecular flexibility index (Phi) is 4.44. The molecule has 6 heteroatoms. The number of benzene rings is 1. The molecular weight excluding hydrogens is 276 g/mol. The zero-order chi connectivity index (χ0) is 13.8. The minimum absolute atomic E-state index is 0.0549. The van der Waals surface area contributed by atoms with E-state index < -0.39 is 0 Å². The van der Waals surface area contributed by atoms with Crippen molar-refractivity contribution in [2.75, 3.05) is 26.1 Å². The van der Waals surface area contributed by atoms with Gasteiger partial charge >= 0.3 is 0 Å². The summed E-state index contributed by atoms with van der Waals surface area (Å²) in [6.45, 7) is 1.61. The van der Waals surface area contributed by atoms with E-state index in [0.29, 0.717) is 0 Å². The van der Waals surface area contributed by atoms with Crippen LogP contribution in [0.15, 0.2) is 23.4 Å². The van der Waals surface area contributed by atoms with E-state index in [1.165, 1.54) is 0 Å². The molecule has 0 spiro atoms. The molecule has 1 aromatic carbocycles. The lowest BCUT2D eigenvalue weighted by Gasteiger charge is -2.22. The number of ether oxygens (including phenoxy) is 3. The van der Waals surface area contributed by atoms with Crippen LogP contribution < -0.4 is 4.74 Å². The number of nitrogens with one attached hydrogen (secondary N) is 1. The first-order chi connectivity index (χ1) is 9.85. The second kappa shape index (κ2) is 6.47. The van der Waals surface area contributed by atoms with Gasteiger partial charge in [-0.15, -0.1) is 0 Å². The Morgan fingerprint density at radius 3 is 3.05 bits per heavy atom. The molecule has 0 atom stereocenters. The van der Waals surface area contributed by atoms with Crippen molar-refractivity contribution in [2.24, 2.45) is 0 Å². The Balaban J connectivity index is 1.57. The summed E-state index contributed by atoms with van der Waals surface area (Å²) in [5.41, 5.74) is 1.95. The second-order valence-electron chi connectivity index (χ2n) is 4.59. The summed E-state index contributed by atoms with van der Waals surface area (Å²) in [5, 5.41) is 0.920. The van der Waals surface area contributed by atoms with Gasteiger partial charge in [0.25, 0.3) is 0 Å². The third-order valence-electron chi connectivity index (χ3n) is 3.16. The number of fused-ring (bicyclic) bond motifs is 1. The number of imidazole rings is 1. The van der Waals surface area contributed by atoms with Crippen molar-refractivity contribution in [3.05, 3.63) is 18.2 Å². The topological polar surface area (TPSA) is 56.4 Å². The van der Waals surface area contributed by atoms with Crippen molar-refractivity contribution >= 4 is 22.8 Å². The fourth-order valence-electron chi connectivity index (χ4n) is 2.12. The first-order valence-corrected chi connectivity index (χ1v) is 7.73. The maximum atomic E-state index is 5.52. The van der Waals surface area contributed by atoms with Crippen LogP contribution in [0, 0.1) is 0 Å². The lowest BCUT2D eigenvalue weighted by Crippen LogP contribution is -2.25. The predicted octanol–water partition coefficient (Wildman–Crippen LogP) is 2.82. The highest BCUT2D eigenvalue weighted by molar-refractivity contribution is 7.99. The van der Waals surface area contributed by atoms with E-state index in [0.717, 1.165) is 53.7 Å². The van der Waals surface area contributed by atoms with Crippen molar-refractivity contribution in [3.8, 4) is 5.75 Å². The molecule has 1 fully saturated rings. The number of aromatic nitrogens is 2. The van der Waals surface area contributed by atoms with Crippen LogP contribution in [0.3, 0.4) is 0 Å². The Morgan fingerprint density at radius 2 is 2.25 bits per heavy atom. The number of methoxy groups -OCH3 is 1. The van der Waals surface area contributed by atoms with Gasteiger partial charge in [-0.2, -0.15) is 0 Å². The van der Waals surface area contributed by atoms with Gasteiger partial charge in [-0.05, 0) is 18.6 Å². The van der Waals surface area contributed by atoms with Gasteiger partial charge in [-0.25, -0.2) is 4.98 Å².